The molecule has 0 spiro atoms. The summed E-state index contributed by atoms with van der Waals surface area (Å²) in [5.41, 5.74) is 0. The monoisotopic (exact) mass is 242 g/mol. The molecule has 1 rings (SSSR count). The molecular formula is C12H18O3S. The summed E-state index contributed by atoms with van der Waals surface area (Å²) in [6.07, 6.45) is 0.425. The Kier molecular flexibility index (Phi) is 4.50. The predicted molar refractivity (Wildman–Crippen MR) is 63.6 cm³/mol. The lowest BCUT2D eigenvalue weighted by Gasteiger charge is -2.19. The Morgan fingerprint density at radius 2 is 1.75 bits per heavy atom. The van der Waals surface area contributed by atoms with Gasteiger partial charge in [0.2, 0.25) is 0 Å². The van der Waals surface area contributed by atoms with Crippen LogP contribution in [-0.2, 0) is 14.3 Å². The molecule has 0 aromatic heterocycles. The summed E-state index contributed by atoms with van der Waals surface area (Å²) < 4.78 is 29.0. The van der Waals surface area contributed by atoms with E-state index >= 15 is 0 Å². The first-order valence-electron chi connectivity index (χ1n) is 5.45. The maximum absolute atomic E-state index is 11.9. The normalized spacial score (nSPS) is 14.0. The Balaban J connectivity index is 2.88. The van der Waals surface area contributed by atoms with Gasteiger partial charge in [0.25, 0.3) is 10.1 Å². The second kappa shape index (κ2) is 5.46. The average Bonchev–Trinajstić information content (AvgIpc) is 2.27. The van der Waals surface area contributed by atoms with Gasteiger partial charge in [-0.15, -0.1) is 0 Å². The molecule has 1 aromatic carbocycles. The molecule has 1 unspecified atom stereocenters. The van der Waals surface area contributed by atoms with Gasteiger partial charge in [0.05, 0.1) is 11.0 Å². The van der Waals surface area contributed by atoms with E-state index in [0.717, 1.165) is 0 Å². The van der Waals surface area contributed by atoms with Crippen LogP contribution >= 0.6 is 0 Å². The lowest BCUT2D eigenvalue weighted by Crippen LogP contribution is -2.23. The molecule has 0 radical (unpaired) electrons. The number of rotatable bonds is 5. The summed E-state index contributed by atoms with van der Waals surface area (Å²) in [6.45, 7) is 5.83. The maximum atomic E-state index is 11.9. The molecule has 1 aromatic rings. The highest BCUT2D eigenvalue weighted by Crippen LogP contribution is 2.19. The van der Waals surface area contributed by atoms with Crippen molar-refractivity contribution < 1.29 is 12.6 Å². The molecule has 0 bridgehead atoms. The van der Waals surface area contributed by atoms with Gasteiger partial charge in [-0.2, -0.15) is 8.42 Å². The van der Waals surface area contributed by atoms with Gasteiger partial charge < -0.3 is 0 Å². The number of benzene rings is 1. The van der Waals surface area contributed by atoms with Crippen molar-refractivity contribution in [3.63, 3.8) is 0 Å². The molecule has 0 aliphatic heterocycles. The minimum atomic E-state index is -3.62. The van der Waals surface area contributed by atoms with Crippen molar-refractivity contribution in [2.75, 3.05) is 0 Å². The quantitative estimate of drug-likeness (QED) is 0.746. The van der Waals surface area contributed by atoms with Gasteiger partial charge in [0.1, 0.15) is 0 Å². The molecule has 0 N–H and O–H groups in total. The van der Waals surface area contributed by atoms with Crippen LogP contribution in [0.2, 0.25) is 0 Å². The molecule has 3 nitrogen and oxygen atoms in total. The van der Waals surface area contributed by atoms with Gasteiger partial charge in [0, 0.05) is 0 Å². The fourth-order valence-corrected chi connectivity index (χ4v) is 2.74. The summed E-state index contributed by atoms with van der Waals surface area (Å²) in [4.78, 5) is 0.217. The fourth-order valence-electron chi connectivity index (χ4n) is 1.46. The Hall–Kier alpha value is -0.870. The number of hydrogen-bond donors (Lipinski definition) is 0. The second-order valence-electron chi connectivity index (χ2n) is 4.05. The SMILES string of the molecule is CCC(OS(=O)(=O)c1ccccc1)C(C)C. The van der Waals surface area contributed by atoms with Crippen molar-refractivity contribution in [3.8, 4) is 0 Å². The third-order valence-corrected chi connectivity index (χ3v) is 3.78. The van der Waals surface area contributed by atoms with E-state index < -0.39 is 10.1 Å². The van der Waals surface area contributed by atoms with Crippen molar-refractivity contribution >= 4 is 10.1 Å². The van der Waals surface area contributed by atoms with Crippen LogP contribution < -0.4 is 0 Å². The van der Waals surface area contributed by atoms with Crippen LogP contribution in [0, 0.1) is 5.92 Å². The zero-order chi connectivity index (χ0) is 12.2. The van der Waals surface area contributed by atoms with Crippen LogP contribution in [0.15, 0.2) is 35.2 Å². The molecule has 0 heterocycles. The summed E-state index contributed by atoms with van der Waals surface area (Å²) in [6, 6.07) is 8.24. The molecule has 0 aliphatic carbocycles. The van der Waals surface area contributed by atoms with Crippen LogP contribution in [0.3, 0.4) is 0 Å². The van der Waals surface area contributed by atoms with Gasteiger partial charge in [-0.3, -0.25) is 4.18 Å². The van der Waals surface area contributed by atoms with E-state index in [1.165, 1.54) is 0 Å². The standard InChI is InChI=1S/C12H18O3S/c1-4-12(10(2)3)15-16(13,14)11-8-6-5-7-9-11/h5-10,12H,4H2,1-3H3. The highest BCUT2D eigenvalue weighted by atomic mass is 32.2. The molecule has 0 saturated carbocycles. The van der Waals surface area contributed by atoms with Crippen LogP contribution in [0.25, 0.3) is 0 Å². The van der Waals surface area contributed by atoms with E-state index in [9.17, 15) is 8.42 Å². The molecule has 90 valence electrons. The van der Waals surface area contributed by atoms with E-state index in [2.05, 4.69) is 0 Å². The Labute approximate surface area is 97.6 Å². The van der Waals surface area contributed by atoms with Crippen LogP contribution in [-0.4, -0.2) is 14.5 Å². The summed E-state index contributed by atoms with van der Waals surface area (Å²) in [7, 11) is -3.62. The summed E-state index contributed by atoms with van der Waals surface area (Å²) >= 11 is 0. The average molecular weight is 242 g/mol. The molecule has 0 fully saturated rings. The zero-order valence-corrected chi connectivity index (χ0v) is 10.7. The molecule has 0 aliphatic rings. The molecule has 4 heteroatoms. The second-order valence-corrected chi connectivity index (χ2v) is 5.63. The predicted octanol–water partition coefficient (Wildman–Crippen LogP) is 2.83. The van der Waals surface area contributed by atoms with Gasteiger partial charge in [-0.05, 0) is 24.5 Å². The zero-order valence-electron chi connectivity index (χ0n) is 9.88. The molecule has 16 heavy (non-hydrogen) atoms. The van der Waals surface area contributed by atoms with Crippen LogP contribution in [0.5, 0.6) is 0 Å². The smallest absolute Gasteiger partial charge is 0.263 e. The van der Waals surface area contributed by atoms with Crippen LogP contribution in [0.4, 0.5) is 0 Å². The van der Waals surface area contributed by atoms with Crippen molar-refractivity contribution in [2.24, 2.45) is 5.92 Å². The van der Waals surface area contributed by atoms with Gasteiger partial charge in [0.15, 0.2) is 0 Å². The fraction of sp³-hybridized carbons (Fsp3) is 0.500. The lowest BCUT2D eigenvalue weighted by atomic mass is 10.1. The molecular weight excluding hydrogens is 224 g/mol. The van der Waals surface area contributed by atoms with Gasteiger partial charge in [-0.1, -0.05) is 39.0 Å². The van der Waals surface area contributed by atoms with E-state index in [-0.39, 0.29) is 16.9 Å². The molecule has 0 saturated heterocycles. The highest BCUT2D eigenvalue weighted by molar-refractivity contribution is 7.86. The summed E-state index contributed by atoms with van der Waals surface area (Å²) in [5, 5.41) is 0. The largest absolute Gasteiger partial charge is 0.297 e. The first-order valence-corrected chi connectivity index (χ1v) is 6.86. The van der Waals surface area contributed by atoms with Gasteiger partial charge in [-0.25, -0.2) is 0 Å². The Bertz CT molecular complexity index is 409. The first-order chi connectivity index (χ1) is 7.47. The third kappa shape index (κ3) is 3.32. The van der Waals surface area contributed by atoms with Crippen molar-refractivity contribution in [2.45, 2.75) is 38.2 Å². The van der Waals surface area contributed by atoms with E-state index in [4.69, 9.17) is 4.18 Å². The van der Waals surface area contributed by atoms with Crippen molar-refractivity contribution in [3.05, 3.63) is 30.3 Å². The topological polar surface area (TPSA) is 43.4 Å². The molecule has 1 atom stereocenters. The van der Waals surface area contributed by atoms with Crippen LogP contribution in [0.1, 0.15) is 27.2 Å². The Morgan fingerprint density at radius 3 is 2.19 bits per heavy atom. The van der Waals surface area contributed by atoms with Crippen molar-refractivity contribution in [1.29, 1.82) is 0 Å². The number of hydrogen-bond acceptors (Lipinski definition) is 3. The third-order valence-electron chi connectivity index (χ3n) is 2.43. The minimum absolute atomic E-state index is 0.184. The summed E-state index contributed by atoms with van der Waals surface area (Å²) in [5.74, 6) is 0.184. The van der Waals surface area contributed by atoms with Crippen molar-refractivity contribution in [1.82, 2.24) is 0 Å². The maximum Gasteiger partial charge on any atom is 0.297 e. The molecule has 0 amide bonds. The first kappa shape index (κ1) is 13.2. The van der Waals surface area contributed by atoms with E-state index in [1.807, 2.05) is 20.8 Å². The van der Waals surface area contributed by atoms with E-state index in [0.29, 0.717) is 6.42 Å². The van der Waals surface area contributed by atoms with Gasteiger partial charge >= 0.3 is 0 Å². The minimum Gasteiger partial charge on any atom is -0.263 e. The highest BCUT2D eigenvalue weighted by Gasteiger charge is 2.22. The van der Waals surface area contributed by atoms with E-state index in [1.54, 1.807) is 30.3 Å². The lowest BCUT2D eigenvalue weighted by molar-refractivity contribution is 0.155. The Morgan fingerprint density at radius 1 is 1.19 bits per heavy atom.